The molecule has 0 bridgehead atoms. The van der Waals surface area contributed by atoms with Crippen molar-refractivity contribution in [2.24, 2.45) is 11.8 Å². The Bertz CT molecular complexity index is 956. The van der Waals surface area contributed by atoms with Crippen molar-refractivity contribution >= 4 is 5.97 Å². The molecule has 0 amide bonds. The summed E-state index contributed by atoms with van der Waals surface area (Å²) in [5.74, 6) is 0.832. The number of likely N-dealkylation sites (tertiary alicyclic amines) is 1. The molecular weight excluding hydrogens is 378 g/mol. The predicted octanol–water partition coefficient (Wildman–Crippen LogP) is 4.52. The molecule has 2 aromatic carbocycles. The molecule has 1 N–H and O–H groups in total. The first kappa shape index (κ1) is 19.6. The topological polar surface area (TPSA) is 59.0 Å². The summed E-state index contributed by atoms with van der Waals surface area (Å²) in [6.07, 6.45) is 2.38. The lowest BCUT2D eigenvalue weighted by atomic mass is 9.70. The van der Waals surface area contributed by atoms with Crippen molar-refractivity contribution in [3.8, 4) is 5.75 Å². The Kier molecular flexibility index (Phi) is 4.83. The quantitative estimate of drug-likeness (QED) is 0.810. The van der Waals surface area contributed by atoms with E-state index in [9.17, 15) is 9.90 Å². The maximum absolute atomic E-state index is 11.6. The summed E-state index contributed by atoms with van der Waals surface area (Å²) < 4.78 is 13.1. The number of carbonyl (C=O) groups is 1. The third-order valence-electron chi connectivity index (χ3n) is 7.13. The smallest absolute Gasteiger partial charge is 0.336 e. The monoisotopic (exact) mass is 407 g/mol. The number of para-hydroxylation sites is 1. The minimum absolute atomic E-state index is 0.0884. The summed E-state index contributed by atoms with van der Waals surface area (Å²) >= 11 is 0. The molecule has 0 aliphatic carbocycles. The van der Waals surface area contributed by atoms with Gasteiger partial charge in [0.15, 0.2) is 0 Å². The summed E-state index contributed by atoms with van der Waals surface area (Å²) in [5.41, 5.74) is 2.19. The van der Waals surface area contributed by atoms with Crippen LogP contribution in [0.3, 0.4) is 0 Å². The van der Waals surface area contributed by atoms with E-state index in [-0.39, 0.29) is 17.8 Å². The third-order valence-corrected chi connectivity index (χ3v) is 7.13. The molecule has 30 heavy (non-hydrogen) atoms. The number of piperidine rings is 1. The van der Waals surface area contributed by atoms with E-state index in [0.29, 0.717) is 23.9 Å². The first-order chi connectivity index (χ1) is 14.4. The van der Waals surface area contributed by atoms with Gasteiger partial charge in [0.2, 0.25) is 0 Å². The maximum atomic E-state index is 11.6. The van der Waals surface area contributed by atoms with Crippen LogP contribution in [-0.2, 0) is 11.3 Å². The van der Waals surface area contributed by atoms with Gasteiger partial charge < -0.3 is 14.6 Å². The van der Waals surface area contributed by atoms with Crippen molar-refractivity contribution < 1.29 is 19.4 Å². The molecule has 0 spiro atoms. The van der Waals surface area contributed by atoms with Crippen molar-refractivity contribution in [3.63, 3.8) is 0 Å². The molecule has 0 unspecified atom stereocenters. The minimum Gasteiger partial charge on any atom is -0.487 e. The summed E-state index contributed by atoms with van der Waals surface area (Å²) in [4.78, 5) is 14.0. The third kappa shape index (κ3) is 3.40. The van der Waals surface area contributed by atoms with Crippen LogP contribution in [0.4, 0.5) is 0 Å². The first-order valence-electron chi connectivity index (χ1n) is 10.9. The van der Waals surface area contributed by atoms with Crippen LogP contribution in [0, 0.1) is 11.8 Å². The Morgan fingerprint density at radius 1 is 1.17 bits per heavy atom. The van der Waals surface area contributed by atoms with Crippen LogP contribution < -0.4 is 4.74 Å². The van der Waals surface area contributed by atoms with E-state index < -0.39 is 5.97 Å². The van der Waals surface area contributed by atoms with Gasteiger partial charge in [-0.2, -0.15) is 0 Å². The first-order valence-corrected chi connectivity index (χ1v) is 10.9. The second-order valence-corrected chi connectivity index (χ2v) is 9.43. The Morgan fingerprint density at radius 2 is 1.93 bits per heavy atom. The number of hydrogen-bond acceptors (Lipinski definition) is 4. The summed E-state index contributed by atoms with van der Waals surface area (Å²) in [5, 5.41) is 9.50. The summed E-state index contributed by atoms with van der Waals surface area (Å²) in [6.45, 7) is 6.87. The van der Waals surface area contributed by atoms with Gasteiger partial charge in [0.05, 0.1) is 17.8 Å². The fraction of sp³-hybridized carbons (Fsp3) is 0.480. The van der Waals surface area contributed by atoms with E-state index >= 15 is 0 Å². The average Bonchev–Trinajstić information content (AvgIpc) is 2.73. The zero-order chi connectivity index (χ0) is 20.9. The minimum atomic E-state index is -0.857. The Balaban J connectivity index is 1.34. The molecule has 0 saturated carbocycles. The number of hydrogen-bond donors (Lipinski definition) is 1. The molecule has 4 atom stereocenters. The van der Waals surface area contributed by atoms with E-state index in [1.54, 1.807) is 12.1 Å². The van der Waals surface area contributed by atoms with Crippen LogP contribution >= 0.6 is 0 Å². The lowest BCUT2D eigenvalue weighted by Gasteiger charge is -2.53. The molecule has 2 saturated heterocycles. The fourth-order valence-electron chi connectivity index (χ4n) is 5.58. The second-order valence-electron chi connectivity index (χ2n) is 9.43. The number of benzene rings is 2. The van der Waals surface area contributed by atoms with Gasteiger partial charge in [-0.1, -0.05) is 36.4 Å². The van der Waals surface area contributed by atoms with Gasteiger partial charge in [-0.25, -0.2) is 4.79 Å². The highest BCUT2D eigenvalue weighted by Crippen LogP contribution is 2.52. The van der Waals surface area contributed by atoms with Crippen molar-refractivity contribution in [3.05, 3.63) is 65.2 Å². The Morgan fingerprint density at radius 3 is 2.77 bits per heavy atom. The van der Waals surface area contributed by atoms with Crippen LogP contribution in [-0.4, -0.2) is 40.8 Å². The zero-order valence-electron chi connectivity index (χ0n) is 17.6. The molecule has 5 nitrogen and oxygen atoms in total. The van der Waals surface area contributed by atoms with E-state index in [4.69, 9.17) is 9.47 Å². The molecule has 0 aromatic heterocycles. The van der Waals surface area contributed by atoms with Gasteiger partial charge in [-0.3, -0.25) is 4.90 Å². The lowest BCUT2D eigenvalue weighted by molar-refractivity contribution is -0.187. The van der Waals surface area contributed by atoms with Crippen molar-refractivity contribution in [1.29, 1.82) is 0 Å². The molecule has 2 fully saturated rings. The number of ether oxygens (including phenoxy) is 2. The molecule has 3 heterocycles. The van der Waals surface area contributed by atoms with Crippen LogP contribution in [0.5, 0.6) is 5.75 Å². The molecule has 0 radical (unpaired) electrons. The number of fused-ring (bicyclic) bond motifs is 4. The Labute approximate surface area is 177 Å². The van der Waals surface area contributed by atoms with E-state index in [0.717, 1.165) is 37.2 Å². The molecular formula is C25H29NO4. The summed E-state index contributed by atoms with van der Waals surface area (Å²) in [6, 6.07) is 15.6. The van der Waals surface area contributed by atoms with Gasteiger partial charge >= 0.3 is 5.97 Å². The van der Waals surface area contributed by atoms with Crippen LogP contribution in [0.2, 0.25) is 0 Å². The SMILES string of the molecule is CC1(C)Oc2ccccc2[C@@H]2O[C@@H]3CCN(Cc4ccccc4C(=O)O)C[C@H]3C[C@H]21. The fourth-order valence-corrected chi connectivity index (χ4v) is 5.58. The molecule has 3 aliphatic rings. The molecule has 158 valence electrons. The van der Waals surface area contributed by atoms with Crippen LogP contribution in [0.1, 0.15) is 54.3 Å². The highest BCUT2D eigenvalue weighted by molar-refractivity contribution is 5.89. The number of nitrogens with zero attached hydrogens (tertiary/aromatic N) is 1. The van der Waals surface area contributed by atoms with Gasteiger partial charge in [0, 0.05) is 31.1 Å². The summed E-state index contributed by atoms with van der Waals surface area (Å²) in [7, 11) is 0. The lowest BCUT2D eigenvalue weighted by Crippen LogP contribution is -2.55. The average molecular weight is 408 g/mol. The predicted molar refractivity (Wildman–Crippen MR) is 114 cm³/mol. The van der Waals surface area contributed by atoms with Crippen LogP contribution in [0.15, 0.2) is 48.5 Å². The molecule has 5 heteroatoms. The van der Waals surface area contributed by atoms with Crippen LogP contribution in [0.25, 0.3) is 0 Å². The number of carboxylic acid groups (broad SMARTS) is 1. The van der Waals surface area contributed by atoms with Crippen molar-refractivity contribution in [1.82, 2.24) is 4.90 Å². The van der Waals surface area contributed by atoms with Crippen molar-refractivity contribution in [2.45, 2.75) is 51.0 Å². The number of carboxylic acids is 1. The molecule has 2 aromatic rings. The van der Waals surface area contributed by atoms with E-state index in [1.165, 1.54) is 5.56 Å². The van der Waals surface area contributed by atoms with Gasteiger partial charge in [0.1, 0.15) is 11.4 Å². The highest BCUT2D eigenvalue weighted by atomic mass is 16.5. The molecule has 5 rings (SSSR count). The zero-order valence-corrected chi connectivity index (χ0v) is 17.6. The Hall–Kier alpha value is -2.37. The largest absolute Gasteiger partial charge is 0.487 e. The maximum Gasteiger partial charge on any atom is 0.336 e. The normalized spacial score (nSPS) is 29.8. The number of aromatic carboxylic acids is 1. The van der Waals surface area contributed by atoms with E-state index in [2.05, 4.69) is 30.9 Å². The van der Waals surface area contributed by atoms with Gasteiger partial charge in [-0.15, -0.1) is 0 Å². The van der Waals surface area contributed by atoms with Crippen molar-refractivity contribution in [2.75, 3.05) is 13.1 Å². The molecule has 3 aliphatic heterocycles. The number of rotatable bonds is 3. The van der Waals surface area contributed by atoms with Gasteiger partial charge in [0.25, 0.3) is 0 Å². The van der Waals surface area contributed by atoms with E-state index in [1.807, 2.05) is 24.3 Å². The van der Waals surface area contributed by atoms with Gasteiger partial charge in [-0.05, 0) is 50.3 Å². The highest BCUT2D eigenvalue weighted by Gasteiger charge is 2.51. The second kappa shape index (κ2) is 7.40. The standard InChI is InChI=1S/C25H29NO4/c1-25(2)20-13-17-15-26(14-16-7-3-4-8-18(16)24(27)28)12-11-21(17)29-23(20)19-9-5-6-10-22(19)30-25/h3-10,17,20-21,23H,11-15H2,1-2H3,(H,27,28)/t17-,20-,21-,23+/m1/s1.